The first-order valence-electron chi connectivity index (χ1n) is 16.9. The van der Waals surface area contributed by atoms with Crippen LogP contribution in [0.2, 0.25) is 0 Å². The molecule has 2 fully saturated rings. The number of nitrogen functional groups attached to an aromatic ring is 1. The minimum atomic E-state index is -1.19. The number of hydrogen-bond acceptors (Lipinski definition) is 9. The van der Waals surface area contributed by atoms with Crippen LogP contribution in [0.3, 0.4) is 0 Å². The summed E-state index contributed by atoms with van der Waals surface area (Å²) in [6.45, 7) is 15.9. The Kier molecular flexibility index (Phi) is 9.33. The predicted molar refractivity (Wildman–Crippen MR) is 179 cm³/mol. The molecule has 0 unspecified atom stereocenters. The fourth-order valence-corrected chi connectivity index (χ4v) is 7.27. The van der Waals surface area contributed by atoms with Crippen molar-refractivity contribution in [3.63, 3.8) is 0 Å². The van der Waals surface area contributed by atoms with Gasteiger partial charge in [-0.05, 0) is 72.6 Å². The molecule has 0 spiro atoms. The average molecular weight is 703 g/mol. The summed E-state index contributed by atoms with van der Waals surface area (Å²) >= 11 is 0. The number of amides is 1. The summed E-state index contributed by atoms with van der Waals surface area (Å²) in [6, 6.07) is 0.517. The van der Waals surface area contributed by atoms with E-state index in [9.17, 15) is 13.6 Å². The summed E-state index contributed by atoms with van der Waals surface area (Å²) in [6.07, 6.45) is 0.0580. The van der Waals surface area contributed by atoms with Gasteiger partial charge in [0.1, 0.15) is 41.8 Å². The van der Waals surface area contributed by atoms with E-state index >= 15 is 8.78 Å². The number of pyridine rings is 1. The Balaban J connectivity index is 1.51. The molecular weight excluding hydrogens is 658 g/mol. The van der Waals surface area contributed by atoms with E-state index in [1.807, 2.05) is 6.92 Å². The molecule has 3 aliphatic heterocycles. The van der Waals surface area contributed by atoms with Crippen LogP contribution in [0.5, 0.6) is 11.9 Å². The van der Waals surface area contributed by atoms with Crippen LogP contribution in [0.1, 0.15) is 65.9 Å². The van der Waals surface area contributed by atoms with E-state index in [1.165, 1.54) is 11.5 Å². The Hall–Kier alpha value is -4.27. The summed E-state index contributed by atoms with van der Waals surface area (Å²) in [7, 11) is 0. The number of carbonyl (C=O) groups excluding carboxylic acids is 1. The molecule has 0 saturated carbocycles. The molecule has 3 aliphatic rings. The predicted octanol–water partition coefficient (Wildman–Crippen LogP) is 6.10. The van der Waals surface area contributed by atoms with Gasteiger partial charge in [-0.3, -0.25) is 4.90 Å². The molecule has 2 N–H and O–H groups in total. The molecule has 0 radical (unpaired) electrons. The van der Waals surface area contributed by atoms with E-state index in [0.29, 0.717) is 13.0 Å². The number of halogens is 4. The van der Waals surface area contributed by atoms with Crippen molar-refractivity contribution < 1.29 is 41.1 Å². The van der Waals surface area contributed by atoms with Crippen LogP contribution in [0.4, 0.5) is 33.9 Å². The highest BCUT2D eigenvalue weighted by Gasteiger charge is 2.49. The van der Waals surface area contributed by atoms with Gasteiger partial charge < -0.3 is 24.8 Å². The Morgan fingerprint density at radius 3 is 2.62 bits per heavy atom. The van der Waals surface area contributed by atoms with Crippen molar-refractivity contribution in [3.8, 4) is 23.1 Å². The molecule has 4 atom stereocenters. The van der Waals surface area contributed by atoms with Gasteiger partial charge in [0.05, 0.1) is 24.9 Å². The summed E-state index contributed by atoms with van der Waals surface area (Å²) in [5.74, 6) is -3.25. The number of anilines is 1. The van der Waals surface area contributed by atoms with Crippen molar-refractivity contribution in [1.29, 1.82) is 0 Å². The second-order valence-corrected chi connectivity index (χ2v) is 14.7. The number of nitrogens with zero attached hydrogens (tertiary/aromatic N) is 6. The van der Waals surface area contributed by atoms with Gasteiger partial charge >= 0.3 is 17.9 Å². The van der Waals surface area contributed by atoms with Crippen LogP contribution in [0.15, 0.2) is 6.07 Å². The van der Waals surface area contributed by atoms with E-state index in [4.69, 9.17) is 19.9 Å². The number of hydrogen-bond donors (Lipinski definition) is 1. The highest BCUT2D eigenvalue weighted by atomic mass is 19.1. The van der Waals surface area contributed by atoms with Crippen LogP contribution < -0.4 is 15.2 Å². The van der Waals surface area contributed by atoms with Gasteiger partial charge in [-0.1, -0.05) is 0 Å². The summed E-state index contributed by atoms with van der Waals surface area (Å²) < 4.78 is 81.0. The molecule has 2 aromatic heterocycles. The van der Waals surface area contributed by atoms with Crippen LogP contribution in [-0.4, -0.2) is 104 Å². The van der Waals surface area contributed by atoms with Gasteiger partial charge in [-0.15, -0.1) is 0 Å². The SMILES string of the molecule is C=[N+]1CCN(C(=O)OC(C)(C)C)[C@@H](C)C[C@H](C)Oc2nc(-c3cc(C)c(F)c(N)c3F)c(F)c3nc(OC[C@@]45CCCN4C[C@H](F)C5)nc1c23. The molecule has 11 nitrogen and oxygen atoms in total. The zero-order chi connectivity index (χ0) is 36.3. The Morgan fingerprint density at radius 1 is 1.16 bits per heavy atom. The van der Waals surface area contributed by atoms with Gasteiger partial charge in [0, 0.05) is 36.0 Å². The fourth-order valence-electron chi connectivity index (χ4n) is 7.27. The van der Waals surface area contributed by atoms with Gasteiger partial charge in [0.15, 0.2) is 22.8 Å². The Morgan fingerprint density at radius 2 is 1.90 bits per heavy atom. The van der Waals surface area contributed by atoms with E-state index in [1.54, 1.807) is 32.6 Å². The first kappa shape index (κ1) is 35.6. The van der Waals surface area contributed by atoms with Crippen LogP contribution in [0, 0.1) is 24.4 Å². The van der Waals surface area contributed by atoms with Crippen molar-refractivity contribution >= 4 is 35.2 Å². The van der Waals surface area contributed by atoms with Gasteiger partial charge in [-0.25, -0.2) is 31.9 Å². The zero-order valence-electron chi connectivity index (χ0n) is 29.3. The third kappa shape index (κ3) is 6.63. The number of ether oxygens (including phenoxy) is 3. The van der Waals surface area contributed by atoms with Gasteiger partial charge in [-0.2, -0.15) is 4.98 Å². The number of alkyl halides is 1. The molecule has 1 amide bonds. The lowest BCUT2D eigenvalue weighted by molar-refractivity contribution is -0.434. The maximum Gasteiger partial charge on any atom is 0.434 e. The normalized spacial score (nSPS) is 24.6. The largest absolute Gasteiger partial charge is 0.474 e. The molecular formula is C35H44F4N7O4+. The lowest BCUT2D eigenvalue weighted by atomic mass is 9.95. The summed E-state index contributed by atoms with van der Waals surface area (Å²) in [4.78, 5) is 30.5. The second-order valence-electron chi connectivity index (χ2n) is 14.7. The minimum absolute atomic E-state index is 0.0163. The summed E-state index contributed by atoms with van der Waals surface area (Å²) in [5, 5.41) is 0.0383. The number of fused-ring (bicyclic) bond motifs is 1. The number of rotatable bonds is 4. The molecule has 15 heteroatoms. The van der Waals surface area contributed by atoms with E-state index in [0.717, 1.165) is 25.5 Å². The highest BCUT2D eigenvalue weighted by Crippen LogP contribution is 2.42. The highest BCUT2D eigenvalue weighted by molar-refractivity contribution is 5.94. The van der Waals surface area contributed by atoms with Gasteiger partial charge in [0.25, 0.3) is 0 Å². The van der Waals surface area contributed by atoms with Crippen LogP contribution in [0.25, 0.3) is 22.2 Å². The topological polar surface area (TPSA) is 119 Å². The lowest BCUT2D eigenvalue weighted by Crippen LogP contribution is -2.45. The number of nitrogens with two attached hydrogens (primary N) is 1. The molecule has 2 saturated heterocycles. The maximum absolute atomic E-state index is 16.8. The molecule has 0 aliphatic carbocycles. The van der Waals surface area contributed by atoms with Crippen molar-refractivity contribution in [1.82, 2.24) is 24.8 Å². The monoisotopic (exact) mass is 702 g/mol. The van der Waals surface area contributed by atoms with Crippen molar-refractivity contribution in [2.45, 2.75) is 96.7 Å². The first-order valence-corrected chi connectivity index (χ1v) is 16.9. The first-order chi connectivity index (χ1) is 23.5. The lowest BCUT2D eigenvalue weighted by Gasteiger charge is -2.32. The average Bonchev–Trinajstić information content (AvgIpc) is 3.55. The van der Waals surface area contributed by atoms with Crippen molar-refractivity contribution in [3.05, 3.63) is 29.1 Å². The zero-order valence-corrected chi connectivity index (χ0v) is 29.3. The standard InChI is InChI=1S/C35H44F4N7O4/c1-18-13-22(25(38)27(40)24(18)37)28-26(39)29-23-30(43-32(42-29)48-17-35-9-8-10-45(35)16-21(36)15-35)44(7)11-12-46(33(47)50-34(4,5)6)19(2)14-20(3)49-31(23)41-28/h13,19-21H,7-12,14-17,40H2,1-6H3/q+1/t19-,20-,21+,35-/m0/s1. The number of benzene rings is 1. The minimum Gasteiger partial charge on any atom is -0.474 e. The number of aromatic nitrogens is 3. The second kappa shape index (κ2) is 13.1. The van der Waals surface area contributed by atoms with Crippen molar-refractivity contribution in [2.75, 3.05) is 38.5 Å². The van der Waals surface area contributed by atoms with Gasteiger partial charge in [0.2, 0.25) is 5.88 Å². The molecule has 5 heterocycles. The Bertz CT molecular complexity index is 1850. The van der Waals surface area contributed by atoms with Crippen molar-refractivity contribution in [2.24, 2.45) is 0 Å². The van der Waals surface area contributed by atoms with E-state index in [2.05, 4.69) is 26.6 Å². The molecule has 0 bridgehead atoms. The third-order valence-corrected chi connectivity index (χ3v) is 9.67. The van der Waals surface area contributed by atoms with E-state index < -0.39 is 58.3 Å². The van der Waals surface area contributed by atoms with Crippen LogP contribution >= 0.6 is 0 Å². The quantitative estimate of drug-likeness (QED) is 0.196. The third-order valence-electron chi connectivity index (χ3n) is 9.67. The maximum atomic E-state index is 16.8. The Labute approximate surface area is 288 Å². The fraction of sp³-hybridized carbons (Fsp3) is 0.571. The molecule has 6 rings (SSSR count). The van der Waals surface area contributed by atoms with Crippen LogP contribution in [-0.2, 0) is 4.74 Å². The molecule has 270 valence electrons. The van der Waals surface area contributed by atoms with E-state index in [-0.39, 0.29) is 71.9 Å². The molecule has 1 aromatic carbocycles. The number of aryl methyl sites for hydroxylation is 1. The number of carbonyl (C=O) groups is 1. The molecule has 3 aromatic rings. The smallest absolute Gasteiger partial charge is 0.434 e. The summed E-state index contributed by atoms with van der Waals surface area (Å²) in [5.41, 5.74) is 2.43. The molecule has 50 heavy (non-hydrogen) atoms.